The van der Waals surface area contributed by atoms with Gasteiger partial charge in [0.2, 0.25) is 5.76 Å². The molecule has 4 heteroatoms. The molecule has 21 heavy (non-hydrogen) atoms. The van der Waals surface area contributed by atoms with Crippen LogP contribution in [0, 0.1) is 0 Å². The summed E-state index contributed by atoms with van der Waals surface area (Å²) < 4.78 is 5.21. The summed E-state index contributed by atoms with van der Waals surface area (Å²) in [5.41, 5.74) is 2.08. The van der Waals surface area contributed by atoms with E-state index in [1.165, 1.54) is 5.56 Å². The van der Waals surface area contributed by atoms with Gasteiger partial charge < -0.3 is 9.42 Å². The summed E-state index contributed by atoms with van der Waals surface area (Å²) in [6.07, 6.45) is 0.763. The Kier molecular flexibility index (Phi) is 5.14. The van der Waals surface area contributed by atoms with E-state index in [1.54, 1.807) is 11.0 Å². The van der Waals surface area contributed by atoms with Gasteiger partial charge in [-0.1, -0.05) is 42.4 Å². The number of carbonyl (C=O) groups excluding carboxylic acids is 1. The van der Waals surface area contributed by atoms with Gasteiger partial charge in [-0.2, -0.15) is 0 Å². The molecule has 0 bridgehead atoms. The molecule has 0 unspecified atom stereocenters. The lowest BCUT2D eigenvalue weighted by atomic mass is 9.96. The smallest absolute Gasteiger partial charge is 0.292 e. The van der Waals surface area contributed by atoms with E-state index in [0.717, 1.165) is 12.1 Å². The fourth-order valence-electron chi connectivity index (χ4n) is 2.39. The van der Waals surface area contributed by atoms with Gasteiger partial charge in [0.1, 0.15) is 0 Å². The molecule has 0 aliphatic heterocycles. The van der Waals surface area contributed by atoms with Gasteiger partial charge in [0, 0.05) is 19.2 Å². The number of hydrogen-bond donors (Lipinski definition) is 0. The summed E-state index contributed by atoms with van der Waals surface area (Å²) in [6, 6.07) is 12.0. The minimum atomic E-state index is -0.0916. The van der Waals surface area contributed by atoms with Crippen molar-refractivity contribution in [2.45, 2.75) is 33.1 Å². The molecule has 0 fully saturated rings. The second-order valence-electron chi connectivity index (χ2n) is 5.18. The van der Waals surface area contributed by atoms with Crippen molar-refractivity contribution in [1.82, 2.24) is 10.1 Å². The minimum Gasteiger partial charge on any atom is -0.351 e. The first-order chi connectivity index (χ1) is 10.2. The highest BCUT2D eigenvalue weighted by Gasteiger charge is 2.19. The molecule has 1 atom stereocenters. The average molecular weight is 286 g/mol. The fourth-order valence-corrected chi connectivity index (χ4v) is 2.39. The second kappa shape index (κ2) is 7.07. The fraction of sp³-hybridized carbons (Fsp3) is 0.412. The van der Waals surface area contributed by atoms with Gasteiger partial charge >= 0.3 is 0 Å². The molecule has 0 saturated carbocycles. The molecule has 0 N–H and O–H groups in total. The number of carbonyl (C=O) groups is 1. The van der Waals surface area contributed by atoms with Crippen molar-refractivity contribution in [3.05, 3.63) is 53.4 Å². The predicted molar refractivity (Wildman–Crippen MR) is 82.3 cm³/mol. The molecular formula is C17H22N2O2. The standard InChI is InChI=1S/C17H22N2O2/c1-4-19(5-2)17(20)16-12-15(18-21-16)11-13(3)14-9-7-6-8-10-14/h6-10,12-13H,4-5,11H2,1-3H3/t13-/m0/s1. The second-order valence-corrected chi connectivity index (χ2v) is 5.18. The third-order valence-corrected chi connectivity index (χ3v) is 3.70. The van der Waals surface area contributed by atoms with Gasteiger partial charge in [0.05, 0.1) is 5.69 Å². The van der Waals surface area contributed by atoms with Crippen LogP contribution in [-0.4, -0.2) is 29.1 Å². The number of amides is 1. The van der Waals surface area contributed by atoms with Crippen LogP contribution in [0.15, 0.2) is 40.9 Å². The van der Waals surface area contributed by atoms with Crippen molar-refractivity contribution < 1.29 is 9.32 Å². The third-order valence-electron chi connectivity index (χ3n) is 3.70. The molecule has 0 radical (unpaired) electrons. The Bertz CT molecular complexity index is 573. The van der Waals surface area contributed by atoms with Crippen molar-refractivity contribution in [2.24, 2.45) is 0 Å². The average Bonchev–Trinajstić information content (AvgIpc) is 2.97. The Balaban J connectivity index is 2.05. The lowest BCUT2D eigenvalue weighted by Crippen LogP contribution is -2.30. The first kappa shape index (κ1) is 15.3. The van der Waals surface area contributed by atoms with Crippen molar-refractivity contribution in [2.75, 3.05) is 13.1 Å². The summed E-state index contributed by atoms with van der Waals surface area (Å²) in [6.45, 7) is 7.40. The Labute approximate surface area is 125 Å². The molecule has 0 spiro atoms. The molecule has 0 aliphatic rings. The van der Waals surface area contributed by atoms with Crippen LogP contribution in [0.2, 0.25) is 0 Å². The highest BCUT2D eigenvalue weighted by Crippen LogP contribution is 2.20. The predicted octanol–water partition coefficient (Wildman–Crippen LogP) is 3.50. The van der Waals surface area contributed by atoms with Gasteiger partial charge in [-0.15, -0.1) is 0 Å². The summed E-state index contributed by atoms with van der Waals surface area (Å²) in [5, 5.41) is 4.03. The molecule has 0 aliphatic carbocycles. The van der Waals surface area contributed by atoms with Crippen LogP contribution in [-0.2, 0) is 6.42 Å². The summed E-state index contributed by atoms with van der Waals surface area (Å²) in [5.74, 6) is 0.577. The third kappa shape index (κ3) is 3.72. The van der Waals surface area contributed by atoms with Crippen molar-refractivity contribution in [1.29, 1.82) is 0 Å². The summed E-state index contributed by atoms with van der Waals surface area (Å²) in [7, 11) is 0. The van der Waals surface area contributed by atoms with Crippen LogP contribution < -0.4 is 0 Å². The van der Waals surface area contributed by atoms with Gasteiger partial charge in [-0.05, 0) is 31.7 Å². The van der Waals surface area contributed by atoms with Crippen LogP contribution in [0.1, 0.15) is 48.5 Å². The maximum Gasteiger partial charge on any atom is 0.292 e. The van der Waals surface area contributed by atoms with Gasteiger partial charge in [0.25, 0.3) is 5.91 Å². The topological polar surface area (TPSA) is 46.3 Å². The summed E-state index contributed by atoms with van der Waals surface area (Å²) >= 11 is 0. The first-order valence-corrected chi connectivity index (χ1v) is 7.45. The molecule has 1 heterocycles. The molecule has 2 rings (SSSR count). The molecule has 0 saturated heterocycles. The highest BCUT2D eigenvalue weighted by molar-refractivity contribution is 5.91. The quantitative estimate of drug-likeness (QED) is 0.816. The normalized spacial score (nSPS) is 12.1. The molecule has 112 valence electrons. The Morgan fingerprint density at radius 1 is 1.24 bits per heavy atom. The first-order valence-electron chi connectivity index (χ1n) is 7.45. The van der Waals surface area contributed by atoms with Crippen molar-refractivity contribution in [3.8, 4) is 0 Å². The lowest BCUT2D eigenvalue weighted by molar-refractivity contribution is 0.0731. The number of nitrogens with zero attached hydrogens (tertiary/aromatic N) is 2. The minimum absolute atomic E-state index is 0.0916. The van der Waals surface area contributed by atoms with Crippen molar-refractivity contribution in [3.63, 3.8) is 0 Å². The molecule has 1 amide bonds. The number of hydrogen-bond acceptors (Lipinski definition) is 3. The van der Waals surface area contributed by atoms with E-state index in [-0.39, 0.29) is 5.91 Å². The maximum absolute atomic E-state index is 12.2. The lowest BCUT2D eigenvalue weighted by Gasteiger charge is -2.15. The van der Waals surface area contributed by atoms with E-state index in [9.17, 15) is 4.79 Å². The van der Waals surface area contributed by atoms with E-state index < -0.39 is 0 Å². The zero-order valence-electron chi connectivity index (χ0n) is 12.9. The molecule has 1 aromatic carbocycles. The zero-order chi connectivity index (χ0) is 15.2. The maximum atomic E-state index is 12.2. The highest BCUT2D eigenvalue weighted by atomic mass is 16.5. The number of rotatable bonds is 6. The van der Waals surface area contributed by atoms with E-state index in [4.69, 9.17) is 4.52 Å². The van der Waals surface area contributed by atoms with E-state index in [1.807, 2.05) is 32.0 Å². The van der Waals surface area contributed by atoms with Crippen LogP contribution in [0.5, 0.6) is 0 Å². The number of aromatic nitrogens is 1. The van der Waals surface area contributed by atoms with Crippen LogP contribution in [0.25, 0.3) is 0 Å². The van der Waals surface area contributed by atoms with Crippen molar-refractivity contribution >= 4 is 5.91 Å². The Morgan fingerprint density at radius 2 is 1.90 bits per heavy atom. The van der Waals surface area contributed by atoms with Crippen LogP contribution in [0.3, 0.4) is 0 Å². The molecule has 2 aromatic rings. The Hall–Kier alpha value is -2.10. The monoisotopic (exact) mass is 286 g/mol. The molecule has 1 aromatic heterocycles. The molecule has 4 nitrogen and oxygen atoms in total. The van der Waals surface area contributed by atoms with Crippen LogP contribution >= 0.6 is 0 Å². The largest absolute Gasteiger partial charge is 0.351 e. The van der Waals surface area contributed by atoms with Gasteiger partial charge in [-0.3, -0.25) is 4.79 Å². The summed E-state index contributed by atoms with van der Waals surface area (Å²) in [4.78, 5) is 13.9. The van der Waals surface area contributed by atoms with Gasteiger partial charge in [-0.25, -0.2) is 0 Å². The van der Waals surface area contributed by atoms with Crippen LogP contribution in [0.4, 0.5) is 0 Å². The SMILES string of the molecule is CCN(CC)C(=O)c1cc(C[C@H](C)c2ccccc2)no1. The van der Waals surface area contributed by atoms with Gasteiger partial charge in [0.15, 0.2) is 0 Å². The van der Waals surface area contributed by atoms with E-state index in [2.05, 4.69) is 24.2 Å². The number of benzene rings is 1. The molecular weight excluding hydrogens is 264 g/mol. The zero-order valence-corrected chi connectivity index (χ0v) is 12.9. The van der Waals surface area contributed by atoms with E-state index in [0.29, 0.717) is 24.8 Å². The van der Waals surface area contributed by atoms with E-state index >= 15 is 0 Å². The Morgan fingerprint density at radius 3 is 2.52 bits per heavy atom.